The minimum atomic E-state index is -0.907. The van der Waals surface area contributed by atoms with E-state index >= 15 is 0 Å². The highest BCUT2D eigenvalue weighted by molar-refractivity contribution is 9.10. The van der Waals surface area contributed by atoms with Gasteiger partial charge in [0.2, 0.25) is 0 Å². The number of halogens is 1. The van der Waals surface area contributed by atoms with Crippen molar-refractivity contribution in [3.05, 3.63) is 33.8 Å². The van der Waals surface area contributed by atoms with Crippen molar-refractivity contribution < 1.29 is 14.6 Å². The third-order valence-electron chi connectivity index (χ3n) is 2.93. The monoisotopic (exact) mass is 343 g/mol. The van der Waals surface area contributed by atoms with Gasteiger partial charge in [0.1, 0.15) is 0 Å². The van der Waals surface area contributed by atoms with Crippen molar-refractivity contribution in [2.45, 2.75) is 20.4 Å². The molecular formula is C15H22BrNO3. The molecule has 0 atom stereocenters. The molecule has 1 rings (SSSR count). The average Bonchev–Trinajstić information content (AvgIpc) is 2.37. The summed E-state index contributed by atoms with van der Waals surface area (Å²) in [5, 5.41) is 8.97. The summed E-state index contributed by atoms with van der Waals surface area (Å²) in [6, 6.07) is 5.17. The molecule has 0 radical (unpaired) electrons. The van der Waals surface area contributed by atoms with E-state index in [1.54, 1.807) is 19.2 Å². The fourth-order valence-electron chi connectivity index (χ4n) is 2.02. The Morgan fingerprint density at radius 1 is 1.45 bits per heavy atom. The van der Waals surface area contributed by atoms with Crippen LogP contribution in [0, 0.1) is 5.92 Å². The fraction of sp³-hybridized carbons (Fsp3) is 0.533. The summed E-state index contributed by atoms with van der Waals surface area (Å²) in [5.41, 5.74) is 1.39. The number of ether oxygens (including phenoxy) is 1. The molecule has 0 spiro atoms. The van der Waals surface area contributed by atoms with E-state index in [0.717, 1.165) is 29.7 Å². The molecule has 4 nitrogen and oxygen atoms in total. The number of rotatable bonds is 8. The quantitative estimate of drug-likeness (QED) is 0.787. The molecule has 1 aromatic rings. The van der Waals surface area contributed by atoms with Crippen molar-refractivity contribution in [2.75, 3.05) is 26.8 Å². The van der Waals surface area contributed by atoms with Crippen LogP contribution in [0.5, 0.6) is 0 Å². The van der Waals surface area contributed by atoms with Crippen LogP contribution in [0.25, 0.3) is 0 Å². The number of carboxylic acids is 1. The highest BCUT2D eigenvalue weighted by Crippen LogP contribution is 2.21. The van der Waals surface area contributed by atoms with E-state index in [9.17, 15) is 4.79 Å². The molecular weight excluding hydrogens is 322 g/mol. The molecule has 0 aliphatic carbocycles. The molecule has 0 aromatic heterocycles. The van der Waals surface area contributed by atoms with Gasteiger partial charge in [0.15, 0.2) is 0 Å². The van der Waals surface area contributed by atoms with Gasteiger partial charge < -0.3 is 9.84 Å². The highest BCUT2D eigenvalue weighted by atomic mass is 79.9. The van der Waals surface area contributed by atoms with Crippen molar-refractivity contribution in [2.24, 2.45) is 5.92 Å². The number of carboxylic acid groups (broad SMARTS) is 1. The van der Waals surface area contributed by atoms with Crippen LogP contribution in [0.15, 0.2) is 22.7 Å². The van der Waals surface area contributed by atoms with Gasteiger partial charge in [-0.2, -0.15) is 0 Å². The van der Waals surface area contributed by atoms with E-state index in [1.165, 1.54) is 0 Å². The van der Waals surface area contributed by atoms with Gasteiger partial charge in [0, 0.05) is 31.2 Å². The second-order valence-electron chi connectivity index (χ2n) is 5.23. The minimum Gasteiger partial charge on any atom is -0.478 e. The van der Waals surface area contributed by atoms with Crippen LogP contribution in [0.1, 0.15) is 29.8 Å². The molecule has 112 valence electrons. The Hall–Kier alpha value is -0.910. The molecule has 1 aromatic carbocycles. The number of carbonyl (C=O) groups is 1. The number of nitrogens with zero attached hydrogens (tertiary/aromatic N) is 1. The van der Waals surface area contributed by atoms with Crippen molar-refractivity contribution >= 4 is 21.9 Å². The first-order chi connectivity index (χ1) is 9.43. The first-order valence-corrected chi connectivity index (χ1v) is 7.46. The number of methoxy groups -OCH3 is 1. The van der Waals surface area contributed by atoms with E-state index in [-0.39, 0.29) is 0 Å². The molecule has 0 heterocycles. The lowest BCUT2D eigenvalue weighted by Gasteiger charge is -2.24. The number of aromatic carboxylic acids is 1. The molecule has 0 fully saturated rings. The predicted molar refractivity (Wildman–Crippen MR) is 83.1 cm³/mol. The molecule has 0 aliphatic heterocycles. The summed E-state index contributed by atoms with van der Waals surface area (Å²) in [5.74, 6) is -0.334. The van der Waals surface area contributed by atoms with E-state index in [0.29, 0.717) is 18.1 Å². The number of hydrogen-bond acceptors (Lipinski definition) is 3. The lowest BCUT2D eigenvalue weighted by molar-refractivity contribution is 0.0697. The van der Waals surface area contributed by atoms with Gasteiger partial charge in [-0.15, -0.1) is 0 Å². The normalized spacial score (nSPS) is 11.3. The van der Waals surface area contributed by atoms with Gasteiger partial charge in [-0.1, -0.05) is 35.8 Å². The Labute approximate surface area is 128 Å². The first-order valence-electron chi connectivity index (χ1n) is 6.67. The average molecular weight is 344 g/mol. The summed E-state index contributed by atoms with van der Waals surface area (Å²) in [6.07, 6.45) is 0. The lowest BCUT2D eigenvalue weighted by Crippen LogP contribution is -2.30. The van der Waals surface area contributed by atoms with Gasteiger partial charge in [-0.3, -0.25) is 4.90 Å². The van der Waals surface area contributed by atoms with Gasteiger partial charge in [-0.25, -0.2) is 4.79 Å². The maximum Gasteiger partial charge on any atom is 0.335 e. The zero-order valence-electron chi connectivity index (χ0n) is 12.2. The van der Waals surface area contributed by atoms with Crippen LogP contribution >= 0.6 is 15.9 Å². The van der Waals surface area contributed by atoms with Crippen molar-refractivity contribution in [3.63, 3.8) is 0 Å². The smallest absolute Gasteiger partial charge is 0.335 e. The van der Waals surface area contributed by atoms with Gasteiger partial charge in [0.05, 0.1) is 12.2 Å². The third-order valence-corrected chi connectivity index (χ3v) is 3.67. The summed E-state index contributed by atoms with van der Waals surface area (Å²) >= 11 is 3.46. The zero-order chi connectivity index (χ0) is 15.1. The Bertz CT molecular complexity index is 449. The molecule has 0 bridgehead atoms. The predicted octanol–water partition coefficient (Wildman–Crippen LogP) is 3.25. The topological polar surface area (TPSA) is 49.8 Å². The van der Waals surface area contributed by atoms with E-state index in [2.05, 4.69) is 34.7 Å². The van der Waals surface area contributed by atoms with Crippen LogP contribution in [0.3, 0.4) is 0 Å². The van der Waals surface area contributed by atoms with Crippen molar-refractivity contribution in [1.29, 1.82) is 0 Å². The lowest BCUT2D eigenvalue weighted by atomic mass is 10.1. The molecule has 0 aliphatic rings. The minimum absolute atomic E-state index is 0.299. The molecule has 20 heavy (non-hydrogen) atoms. The Morgan fingerprint density at radius 2 is 2.15 bits per heavy atom. The summed E-state index contributed by atoms with van der Waals surface area (Å²) in [6.45, 7) is 7.68. The van der Waals surface area contributed by atoms with Gasteiger partial charge in [0.25, 0.3) is 0 Å². The van der Waals surface area contributed by atoms with E-state index in [4.69, 9.17) is 9.84 Å². The van der Waals surface area contributed by atoms with Crippen LogP contribution in [0.4, 0.5) is 0 Å². The molecule has 5 heteroatoms. The number of hydrogen-bond donors (Lipinski definition) is 1. The van der Waals surface area contributed by atoms with Crippen LogP contribution in [0.2, 0.25) is 0 Å². The fourth-order valence-corrected chi connectivity index (χ4v) is 2.53. The van der Waals surface area contributed by atoms with Crippen LogP contribution in [-0.4, -0.2) is 42.8 Å². The second-order valence-corrected chi connectivity index (χ2v) is 6.09. The van der Waals surface area contributed by atoms with Gasteiger partial charge in [-0.05, 0) is 23.6 Å². The molecule has 0 amide bonds. The molecule has 0 saturated heterocycles. The van der Waals surface area contributed by atoms with Crippen molar-refractivity contribution in [1.82, 2.24) is 4.90 Å². The third kappa shape index (κ3) is 5.61. The van der Waals surface area contributed by atoms with Crippen molar-refractivity contribution in [3.8, 4) is 0 Å². The maximum atomic E-state index is 10.9. The number of benzene rings is 1. The van der Waals surface area contributed by atoms with Crippen LogP contribution < -0.4 is 0 Å². The SMILES string of the molecule is COCCN(Cc1ccc(C(=O)O)cc1Br)CC(C)C. The second kappa shape index (κ2) is 8.39. The molecule has 0 unspecified atom stereocenters. The molecule has 1 N–H and O–H groups in total. The standard InChI is InChI=1S/C15H22BrNO3/c1-11(2)9-17(6-7-20-3)10-13-5-4-12(15(18)19)8-14(13)16/h4-5,8,11H,6-7,9-10H2,1-3H3,(H,18,19). The summed E-state index contributed by atoms with van der Waals surface area (Å²) in [7, 11) is 1.70. The first kappa shape index (κ1) is 17.1. The Kier molecular flexibility index (Phi) is 7.19. The summed E-state index contributed by atoms with van der Waals surface area (Å²) < 4.78 is 5.98. The molecule has 0 saturated carbocycles. The van der Waals surface area contributed by atoms with E-state index < -0.39 is 5.97 Å². The maximum absolute atomic E-state index is 10.9. The zero-order valence-corrected chi connectivity index (χ0v) is 13.8. The Balaban J connectivity index is 2.79. The van der Waals surface area contributed by atoms with Crippen LogP contribution in [-0.2, 0) is 11.3 Å². The van der Waals surface area contributed by atoms with E-state index in [1.807, 2.05) is 6.07 Å². The van der Waals surface area contributed by atoms with Gasteiger partial charge >= 0.3 is 5.97 Å². The summed E-state index contributed by atoms with van der Waals surface area (Å²) in [4.78, 5) is 13.2. The largest absolute Gasteiger partial charge is 0.478 e. The highest BCUT2D eigenvalue weighted by Gasteiger charge is 2.12. The Morgan fingerprint density at radius 3 is 2.65 bits per heavy atom.